The molecule has 4 nitrogen and oxygen atoms in total. The highest BCUT2D eigenvalue weighted by Gasteiger charge is 2.22. The molecule has 0 spiro atoms. The molecule has 0 atom stereocenters. The van der Waals surface area contributed by atoms with E-state index in [1.165, 1.54) is 73.1 Å². The van der Waals surface area contributed by atoms with Gasteiger partial charge in [0.15, 0.2) is 17.5 Å². The molecule has 0 bridgehead atoms. The maximum Gasteiger partial charge on any atom is 0.164 e. The first-order chi connectivity index (χ1) is 25.3. The predicted molar refractivity (Wildman–Crippen MR) is 215 cm³/mol. The lowest BCUT2D eigenvalue weighted by molar-refractivity contribution is 0.988. The van der Waals surface area contributed by atoms with E-state index < -0.39 is 0 Å². The predicted octanol–water partition coefficient (Wildman–Crippen LogP) is 10.7. The maximum absolute atomic E-state index is 5.35. The number of nitrogens with zero attached hydrogens (tertiary/aromatic N) is 4. The average molecular weight is 689 g/mol. The molecule has 51 heavy (non-hydrogen) atoms. The van der Waals surface area contributed by atoms with Crippen LogP contribution >= 0.6 is 22.7 Å². The van der Waals surface area contributed by atoms with E-state index in [9.17, 15) is 0 Å². The molecule has 0 saturated heterocycles. The molecule has 0 saturated carbocycles. The topological polar surface area (TPSA) is 43.6 Å². The zero-order chi connectivity index (χ0) is 33.5. The lowest BCUT2D eigenvalue weighted by Crippen LogP contribution is -2.26. The summed E-state index contributed by atoms with van der Waals surface area (Å²) in [7, 11) is 0. The molecule has 0 radical (unpaired) electrons. The van der Waals surface area contributed by atoms with Gasteiger partial charge in [-0.25, -0.2) is 15.0 Å². The van der Waals surface area contributed by atoms with Crippen molar-refractivity contribution >= 4 is 86.4 Å². The summed E-state index contributed by atoms with van der Waals surface area (Å²) in [5.41, 5.74) is 6.85. The molecule has 240 valence electrons. The number of hydrogen-bond acceptors (Lipinski definition) is 5. The largest absolute Gasteiger partial charge is 0.308 e. The fourth-order valence-electron chi connectivity index (χ4n) is 7.89. The van der Waals surface area contributed by atoms with Crippen LogP contribution in [0.3, 0.4) is 0 Å². The Morgan fingerprint density at radius 2 is 1.24 bits per heavy atom. The van der Waals surface area contributed by atoms with E-state index in [0.717, 1.165) is 29.8 Å². The quantitative estimate of drug-likeness (QED) is 0.185. The number of rotatable bonds is 4. The third-order valence-electron chi connectivity index (χ3n) is 10.1. The highest BCUT2D eigenvalue weighted by Crippen LogP contribution is 2.40. The summed E-state index contributed by atoms with van der Waals surface area (Å²) >= 11 is 3.69. The van der Waals surface area contributed by atoms with Gasteiger partial charge in [-0.3, -0.25) is 0 Å². The normalized spacial score (nSPS) is 13.1. The van der Waals surface area contributed by atoms with Crippen molar-refractivity contribution < 1.29 is 0 Å². The van der Waals surface area contributed by atoms with Gasteiger partial charge in [-0.1, -0.05) is 115 Å². The first kappa shape index (κ1) is 28.8. The van der Waals surface area contributed by atoms with Crippen molar-refractivity contribution in [3.05, 3.63) is 155 Å². The van der Waals surface area contributed by atoms with Gasteiger partial charge in [0.25, 0.3) is 0 Å². The third-order valence-corrected chi connectivity index (χ3v) is 12.6. The lowest BCUT2D eigenvalue weighted by atomic mass is 10.0. The van der Waals surface area contributed by atoms with Gasteiger partial charge in [0.2, 0.25) is 0 Å². The van der Waals surface area contributed by atoms with Crippen LogP contribution < -0.4 is 9.75 Å². The summed E-state index contributed by atoms with van der Waals surface area (Å²) in [4.78, 5) is 15.8. The van der Waals surface area contributed by atoms with Crippen molar-refractivity contribution in [3.8, 4) is 28.5 Å². The molecular formula is C45H28N4S2. The summed E-state index contributed by atoms with van der Waals surface area (Å²) in [6.45, 7) is 0. The molecule has 10 aromatic rings. The molecule has 1 aliphatic rings. The highest BCUT2D eigenvalue weighted by molar-refractivity contribution is 7.26. The van der Waals surface area contributed by atoms with Gasteiger partial charge >= 0.3 is 0 Å². The van der Waals surface area contributed by atoms with Gasteiger partial charge in [0.1, 0.15) is 0 Å². The Kier molecular flexibility index (Phi) is 6.38. The van der Waals surface area contributed by atoms with E-state index in [2.05, 4.69) is 144 Å². The number of fused-ring (bicyclic) bond motifs is 10. The zero-order valence-electron chi connectivity index (χ0n) is 27.4. The molecule has 0 N–H and O–H groups in total. The minimum absolute atomic E-state index is 0.698. The molecule has 6 heteroatoms. The van der Waals surface area contributed by atoms with E-state index in [1.807, 2.05) is 28.7 Å². The average Bonchev–Trinajstić information content (AvgIpc) is 3.88. The van der Waals surface area contributed by atoms with E-state index in [-0.39, 0.29) is 0 Å². The molecule has 4 aromatic heterocycles. The lowest BCUT2D eigenvalue weighted by Gasteiger charge is -2.12. The van der Waals surface area contributed by atoms with Crippen molar-refractivity contribution in [2.75, 3.05) is 0 Å². The number of benzene rings is 6. The van der Waals surface area contributed by atoms with Crippen molar-refractivity contribution in [3.63, 3.8) is 0 Å². The smallest absolute Gasteiger partial charge is 0.164 e. The molecule has 1 aliphatic carbocycles. The maximum atomic E-state index is 5.35. The van der Waals surface area contributed by atoms with Crippen LogP contribution in [-0.2, 0) is 0 Å². The van der Waals surface area contributed by atoms with Crippen molar-refractivity contribution in [1.82, 2.24) is 19.5 Å². The van der Waals surface area contributed by atoms with Gasteiger partial charge < -0.3 is 4.57 Å². The Morgan fingerprint density at radius 3 is 2.12 bits per heavy atom. The molecule has 6 aromatic carbocycles. The van der Waals surface area contributed by atoms with E-state index in [1.54, 1.807) is 0 Å². The molecule has 0 aliphatic heterocycles. The molecule has 11 rings (SSSR count). The fourth-order valence-corrected chi connectivity index (χ4v) is 10.4. The van der Waals surface area contributed by atoms with Crippen LogP contribution in [0.5, 0.6) is 0 Å². The second-order valence-corrected chi connectivity index (χ2v) is 15.1. The van der Waals surface area contributed by atoms with Gasteiger partial charge in [-0.15, -0.1) is 22.7 Å². The minimum Gasteiger partial charge on any atom is -0.308 e. The molecule has 0 fully saturated rings. The number of thiophene rings is 2. The Bertz CT molecular complexity index is 3140. The fraction of sp³-hybridized carbons (Fsp3) is 0.0444. The molecule has 0 amide bonds. The van der Waals surface area contributed by atoms with E-state index in [0.29, 0.717) is 11.6 Å². The van der Waals surface area contributed by atoms with Gasteiger partial charge in [0, 0.05) is 63.3 Å². The van der Waals surface area contributed by atoms with E-state index >= 15 is 0 Å². The Labute approximate surface area is 301 Å². The number of aromatic nitrogens is 4. The summed E-state index contributed by atoms with van der Waals surface area (Å²) < 4.78 is 7.49. The molecule has 4 heterocycles. The van der Waals surface area contributed by atoms with Crippen LogP contribution in [0, 0.1) is 0 Å². The van der Waals surface area contributed by atoms with Gasteiger partial charge in [-0.05, 0) is 48.4 Å². The second-order valence-electron chi connectivity index (χ2n) is 13.0. The molecule has 0 unspecified atom stereocenters. The monoisotopic (exact) mass is 688 g/mol. The summed E-state index contributed by atoms with van der Waals surface area (Å²) in [5.74, 6) is 2.17. The van der Waals surface area contributed by atoms with Crippen LogP contribution in [0.1, 0.15) is 18.7 Å². The molecular weight excluding hydrogens is 661 g/mol. The van der Waals surface area contributed by atoms with Gasteiger partial charge in [0.05, 0.1) is 15.7 Å². The standard InChI is InChI=1S/C45H28N4S2/c1-3-13-27(14-4-1)43-46-44(34-20-12-24-38-39(34)33-18-8-10-23-37(33)50-38)48-45(47-43)35-21-11-19-31-32-26-25-30-29-17-7-9-22-36(29)49(28-15-5-2-6-16-28)40(30)42(32)51-41(31)35/h1-10,12-20,22-26H,11,21H2. The summed E-state index contributed by atoms with van der Waals surface area (Å²) in [5, 5.41) is 7.55. The van der Waals surface area contributed by atoms with Crippen LogP contribution in [-0.4, -0.2) is 19.5 Å². The summed E-state index contributed by atoms with van der Waals surface area (Å²) in [6.07, 6.45) is 4.21. The third kappa shape index (κ3) is 4.40. The van der Waals surface area contributed by atoms with Crippen molar-refractivity contribution in [1.29, 1.82) is 0 Å². The van der Waals surface area contributed by atoms with Crippen LogP contribution in [0.2, 0.25) is 0 Å². The number of para-hydroxylation sites is 2. The van der Waals surface area contributed by atoms with E-state index in [4.69, 9.17) is 15.0 Å². The van der Waals surface area contributed by atoms with Crippen molar-refractivity contribution in [2.24, 2.45) is 0 Å². The van der Waals surface area contributed by atoms with Crippen LogP contribution in [0.4, 0.5) is 0 Å². The first-order valence-electron chi connectivity index (χ1n) is 17.3. The second kappa shape index (κ2) is 11.3. The van der Waals surface area contributed by atoms with Crippen molar-refractivity contribution in [2.45, 2.75) is 12.8 Å². The number of hydrogen-bond donors (Lipinski definition) is 0. The van der Waals surface area contributed by atoms with Crippen LogP contribution in [0.25, 0.3) is 92.2 Å². The Balaban J connectivity index is 1.22. The Hall–Kier alpha value is -5.95. The highest BCUT2D eigenvalue weighted by atomic mass is 32.1. The zero-order valence-corrected chi connectivity index (χ0v) is 29.0. The Morgan fingerprint density at radius 1 is 0.529 bits per heavy atom. The minimum atomic E-state index is 0.698. The van der Waals surface area contributed by atoms with Crippen LogP contribution in [0.15, 0.2) is 140 Å². The summed E-state index contributed by atoms with van der Waals surface area (Å²) in [6, 6.07) is 49.6. The van der Waals surface area contributed by atoms with Gasteiger partial charge in [-0.2, -0.15) is 0 Å². The SMILES string of the molecule is C1=c2c(sc3c2ccc2c4ccccc4n(-c4ccccc4)c23)=C(c2nc(-c3ccccc3)nc(-c3cccc4sc5ccccc5c34)n2)CC1. The first-order valence-corrected chi connectivity index (χ1v) is 18.9.